The Morgan fingerprint density at radius 1 is 0.247 bits per heavy atom. The summed E-state index contributed by atoms with van der Waals surface area (Å²) in [5, 5.41) is 0. The van der Waals surface area contributed by atoms with E-state index in [4.69, 9.17) is 14.2 Å². The molecule has 0 aliphatic carbocycles. The van der Waals surface area contributed by atoms with E-state index in [2.05, 4.69) is 179 Å². The first kappa shape index (κ1) is 76.0. The predicted octanol–water partition coefficient (Wildman–Crippen LogP) is 22.9. The van der Waals surface area contributed by atoms with E-state index in [9.17, 15) is 14.4 Å². The number of rotatable bonds is 58. The number of carbonyl (C=O) groups excluding carboxylic acids is 3. The number of carbonyl (C=O) groups is 3. The second-order valence-corrected chi connectivity index (χ2v) is 21.2. The fourth-order valence-corrected chi connectivity index (χ4v) is 8.69. The summed E-state index contributed by atoms with van der Waals surface area (Å²) < 4.78 is 16.9. The molecule has 0 radical (unpaired) electrons. The van der Waals surface area contributed by atoms with Crippen LogP contribution in [0.4, 0.5) is 0 Å². The standard InChI is InChI=1S/C75H120O6/c1-4-7-10-13-16-19-22-25-28-30-32-34-36-37-39-40-42-44-47-50-53-56-59-62-65-68-74(77)80-71-72(70-79-73(76)67-64-61-58-55-52-49-46-27-24-21-18-15-12-9-6-3)81-75(78)69-66-63-60-57-54-51-48-45-43-41-38-35-33-31-29-26-23-20-17-14-11-8-5-2/h7-12,16-21,25-29,32-35,37,39,46,52,55,72H,4-6,13-15,22-24,30-31,36,38,40-45,47-51,53-54,56-71H2,1-3H3/b10-7-,11-8-,12-9-,19-16-,20-17-,21-18-,28-25-,29-26-,34-32-,35-33-,39-37-,46-27-,55-52-. The van der Waals surface area contributed by atoms with Gasteiger partial charge in [0.1, 0.15) is 13.2 Å². The lowest BCUT2D eigenvalue weighted by molar-refractivity contribution is -0.167. The van der Waals surface area contributed by atoms with Crippen LogP contribution in [0.5, 0.6) is 0 Å². The van der Waals surface area contributed by atoms with Gasteiger partial charge in [-0.3, -0.25) is 14.4 Å². The van der Waals surface area contributed by atoms with Gasteiger partial charge in [-0.2, -0.15) is 0 Å². The minimum atomic E-state index is -0.809. The van der Waals surface area contributed by atoms with E-state index in [1.165, 1.54) is 89.9 Å². The minimum Gasteiger partial charge on any atom is -0.462 e. The lowest BCUT2D eigenvalue weighted by Crippen LogP contribution is -2.30. The molecule has 0 aromatic carbocycles. The lowest BCUT2D eigenvalue weighted by atomic mass is 10.0. The Bertz CT molecular complexity index is 1810. The third-order valence-electron chi connectivity index (χ3n) is 13.5. The largest absolute Gasteiger partial charge is 0.462 e. The fraction of sp³-hybridized carbons (Fsp3) is 0.613. The Kier molecular flexibility index (Phi) is 63.4. The highest BCUT2D eigenvalue weighted by molar-refractivity contribution is 5.71. The fourth-order valence-electron chi connectivity index (χ4n) is 8.69. The van der Waals surface area contributed by atoms with Crippen LogP contribution in [0.3, 0.4) is 0 Å². The van der Waals surface area contributed by atoms with Crippen LogP contribution in [0.2, 0.25) is 0 Å². The summed E-state index contributed by atoms with van der Waals surface area (Å²) in [5.74, 6) is -0.955. The maximum absolute atomic E-state index is 12.9. The van der Waals surface area contributed by atoms with Crippen molar-refractivity contribution in [3.8, 4) is 0 Å². The molecule has 0 heterocycles. The zero-order valence-corrected chi connectivity index (χ0v) is 52.2. The highest BCUT2D eigenvalue weighted by atomic mass is 16.6. The number of hydrogen-bond acceptors (Lipinski definition) is 6. The summed E-state index contributed by atoms with van der Waals surface area (Å²) in [5.41, 5.74) is 0. The molecular weight excluding hydrogens is 997 g/mol. The summed E-state index contributed by atoms with van der Waals surface area (Å²) in [6.07, 6.45) is 98.2. The smallest absolute Gasteiger partial charge is 0.306 e. The average Bonchev–Trinajstić information content (AvgIpc) is 3.47. The van der Waals surface area contributed by atoms with Crippen molar-refractivity contribution in [3.05, 3.63) is 158 Å². The van der Waals surface area contributed by atoms with Crippen LogP contribution in [0.15, 0.2) is 158 Å². The second-order valence-electron chi connectivity index (χ2n) is 21.2. The number of allylic oxidation sites excluding steroid dienone is 26. The molecule has 0 aromatic rings. The van der Waals surface area contributed by atoms with Crippen LogP contribution in [0.25, 0.3) is 0 Å². The highest BCUT2D eigenvalue weighted by Crippen LogP contribution is 2.15. The molecule has 81 heavy (non-hydrogen) atoms. The predicted molar refractivity (Wildman–Crippen MR) is 352 cm³/mol. The summed E-state index contributed by atoms with van der Waals surface area (Å²) >= 11 is 0. The van der Waals surface area contributed by atoms with E-state index in [1.54, 1.807) is 0 Å². The van der Waals surface area contributed by atoms with E-state index in [0.29, 0.717) is 19.3 Å². The van der Waals surface area contributed by atoms with Gasteiger partial charge in [-0.25, -0.2) is 0 Å². The zero-order chi connectivity index (χ0) is 58.5. The van der Waals surface area contributed by atoms with Gasteiger partial charge in [0.15, 0.2) is 6.10 Å². The third-order valence-corrected chi connectivity index (χ3v) is 13.5. The molecule has 0 saturated carbocycles. The van der Waals surface area contributed by atoms with Crippen LogP contribution in [0.1, 0.15) is 278 Å². The van der Waals surface area contributed by atoms with Crippen LogP contribution in [0, 0.1) is 0 Å². The topological polar surface area (TPSA) is 78.9 Å². The Morgan fingerprint density at radius 3 is 0.716 bits per heavy atom. The van der Waals surface area contributed by atoms with Gasteiger partial charge in [0.05, 0.1) is 0 Å². The Labute approximate surface area is 499 Å². The number of hydrogen-bond donors (Lipinski definition) is 0. The van der Waals surface area contributed by atoms with Crippen molar-refractivity contribution in [2.45, 2.75) is 284 Å². The highest BCUT2D eigenvalue weighted by Gasteiger charge is 2.19. The first-order chi connectivity index (χ1) is 40.0. The molecule has 0 aliphatic heterocycles. The molecule has 456 valence electrons. The van der Waals surface area contributed by atoms with Gasteiger partial charge in [-0.1, -0.05) is 275 Å². The number of unbranched alkanes of at least 4 members (excludes halogenated alkanes) is 21. The zero-order valence-electron chi connectivity index (χ0n) is 52.2. The van der Waals surface area contributed by atoms with Crippen molar-refractivity contribution < 1.29 is 28.6 Å². The van der Waals surface area contributed by atoms with Gasteiger partial charge >= 0.3 is 17.9 Å². The van der Waals surface area contributed by atoms with Gasteiger partial charge in [0.25, 0.3) is 0 Å². The molecule has 0 amide bonds. The van der Waals surface area contributed by atoms with Crippen molar-refractivity contribution in [1.29, 1.82) is 0 Å². The third kappa shape index (κ3) is 65.7. The molecular formula is C75H120O6. The lowest BCUT2D eigenvalue weighted by Gasteiger charge is -2.18. The van der Waals surface area contributed by atoms with Crippen molar-refractivity contribution >= 4 is 17.9 Å². The first-order valence-electron chi connectivity index (χ1n) is 33.0. The van der Waals surface area contributed by atoms with E-state index >= 15 is 0 Å². The van der Waals surface area contributed by atoms with Crippen molar-refractivity contribution in [2.75, 3.05) is 13.2 Å². The molecule has 1 atom stereocenters. The van der Waals surface area contributed by atoms with Gasteiger partial charge < -0.3 is 14.2 Å². The molecule has 0 fully saturated rings. The molecule has 0 rings (SSSR count). The Balaban J connectivity index is 4.43. The molecule has 0 aromatic heterocycles. The van der Waals surface area contributed by atoms with Crippen LogP contribution >= 0.6 is 0 Å². The SMILES string of the molecule is CC/C=C\C/C=C\C/C=C\C/C=C\C/C=C\CCCCCCCCCCCC(=O)OCC(COC(=O)CCCC/C=C\C/C=C\C/C=C\C/C=C\CC)OC(=O)CCCCCCCCCCCC/C=C\C/C=C\C/C=C\C/C=C\CC. The maximum Gasteiger partial charge on any atom is 0.306 e. The van der Waals surface area contributed by atoms with E-state index < -0.39 is 6.10 Å². The van der Waals surface area contributed by atoms with Crippen LogP contribution < -0.4 is 0 Å². The monoisotopic (exact) mass is 1120 g/mol. The summed E-state index contributed by atoms with van der Waals surface area (Å²) in [7, 11) is 0. The molecule has 0 aliphatic rings. The molecule has 1 unspecified atom stereocenters. The van der Waals surface area contributed by atoms with Gasteiger partial charge in [0, 0.05) is 19.3 Å². The minimum absolute atomic E-state index is 0.102. The maximum atomic E-state index is 12.9. The number of esters is 3. The molecule has 6 nitrogen and oxygen atoms in total. The summed E-state index contributed by atoms with van der Waals surface area (Å²) in [6, 6.07) is 0. The van der Waals surface area contributed by atoms with Gasteiger partial charge in [-0.05, 0) is 141 Å². The molecule has 6 heteroatoms. The Hall–Kier alpha value is -4.97. The van der Waals surface area contributed by atoms with E-state index in [1.807, 2.05) is 0 Å². The molecule has 0 saturated heterocycles. The average molecular weight is 1120 g/mol. The van der Waals surface area contributed by atoms with Crippen LogP contribution in [-0.2, 0) is 28.6 Å². The van der Waals surface area contributed by atoms with Crippen LogP contribution in [-0.4, -0.2) is 37.2 Å². The summed E-state index contributed by atoms with van der Waals surface area (Å²) in [6.45, 7) is 6.26. The number of ether oxygens (including phenoxy) is 3. The van der Waals surface area contributed by atoms with E-state index in [0.717, 1.165) is 148 Å². The Morgan fingerprint density at radius 2 is 0.444 bits per heavy atom. The summed E-state index contributed by atoms with van der Waals surface area (Å²) in [4.78, 5) is 38.4. The van der Waals surface area contributed by atoms with E-state index in [-0.39, 0.29) is 31.1 Å². The van der Waals surface area contributed by atoms with Crippen molar-refractivity contribution in [1.82, 2.24) is 0 Å². The van der Waals surface area contributed by atoms with Crippen molar-refractivity contribution in [3.63, 3.8) is 0 Å². The van der Waals surface area contributed by atoms with Gasteiger partial charge in [0.2, 0.25) is 0 Å². The first-order valence-corrected chi connectivity index (χ1v) is 33.0. The molecule has 0 bridgehead atoms. The molecule has 0 spiro atoms. The normalized spacial score (nSPS) is 13.2. The molecule has 0 N–H and O–H groups in total. The van der Waals surface area contributed by atoms with Crippen molar-refractivity contribution in [2.24, 2.45) is 0 Å². The second kappa shape index (κ2) is 67.5. The van der Waals surface area contributed by atoms with Gasteiger partial charge in [-0.15, -0.1) is 0 Å². The quantitative estimate of drug-likeness (QED) is 0.0261.